The summed E-state index contributed by atoms with van der Waals surface area (Å²) in [6.45, 7) is 0. The minimum Gasteiger partial charge on any atom is -0.358 e. The van der Waals surface area contributed by atoms with E-state index < -0.39 is 4.92 Å². The van der Waals surface area contributed by atoms with E-state index in [2.05, 4.69) is 26.5 Å². The van der Waals surface area contributed by atoms with Gasteiger partial charge in [0.1, 0.15) is 0 Å². The third kappa shape index (κ3) is 3.62. The van der Waals surface area contributed by atoms with E-state index in [9.17, 15) is 10.1 Å². The topological polar surface area (TPSA) is 67.5 Å². The van der Waals surface area contributed by atoms with Gasteiger partial charge in [-0.3, -0.25) is 0 Å². The zero-order valence-electron chi connectivity index (χ0n) is 9.79. The van der Waals surface area contributed by atoms with Crippen LogP contribution in [0.3, 0.4) is 0 Å². The van der Waals surface area contributed by atoms with Crippen LogP contribution in [0.2, 0.25) is 0 Å². The first-order valence-electron chi connectivity index (χ1n) is 5.46. The van der Waals surface area contributed by atoms with E-state index in [4.69, 9.17) is 0 Å². The molecule has 0 saturated heterocycles. The molecule has 0 atom stereocenters. The molecule has 0 heterocycles. The first-order valence-corrected chi connectivity index (χ1v) is 6.25. The highest BCUT2D eigenvalue weighted by molar-refractivity contribution is 9.10. The van der Waals surface area contributed by atoms with Gasteiger partial charge in [0.05, 0.1) is 16.4 Å². The monoisotopic (exact) mass is 319 g/mol. The summed E-state index contributed by atoms with van der Waals surface area (Å²) in [5.41, 5.74) is 3.81. The molecule has 6 heteroatoms. The first kappa shape index (κ1) is 13.2. The number of nitrogens with zero attached hydrogens (tertiary/aromatic N) is 2. The maximum absolute atomic E-state index is 11.0. The molecule has 0 fully saturated rings. The van der Waals surface area contributed by atoms with Crippen LogP contribution in [0.5, 0.6) is 0 Å². The minimum atomic E-state index is -0.515. The van der Waals surface area contributed by atoms with E-state index >= 15 is 0 Å². The maximum Gasteiger partial charge on any atom is 0.395 e. The lowest BCUT2D eigenvalue weighted by molar-refractivity contribution is -0.349. The Balaban J connectivity index is 2.25. The van der Waals surface area contributed by atoms with E-state index in [1.165, 1.54) is 0 Å². The van der Waals surface area contributed by atoms with Gasteiger partial charge in [-0.25, -0.2) is 0 Å². The molecular weight excluding hydrogens is 310 g/mol. The van der Waals surface area contributed by atoms with Crippen molar-refractivity contribution >= 4 is 27.5 Å². The highest BCUT2D eigenvalue weighted by atomic mass is 79.9. The largest absolute Gasteiger partial charge is 0.395 e. The van der Waals surface area contributed by atoms with E-state index in [0.717, 1.165) is 4.47 Å². The molecule has 0 aliphatic carbocycles. The fourth-order valence-corrected chi connectivity index (χ4v) is 1.70. The zero-order chi connectivity index (χ0) is 13.7. The zero-order valence-corrected chi connectivity index (χ0v) is 11.4. The average molecular weight is 320 g/mol. The summed E-state index contributed by atoms with van der Waals surface area (Å²) >= 11 is 3.28. The number of hydrazone groups is 1. The Labute approximate surface area is 118 Å². The van der Waals surface area contributed by atoms with Crippen LogP contribution in [0.4, 0.5) is 5.69 Å². The second-order valence-electron chi connectivity index (χ2n) is 3.68. The van der Waals surface area contributed by atoms with Crippen LogP contribution in [0.15, 0.2) is 64.2 Å². The maximum atomic E-state index is 11.0. The quantitative estimate of drug-likeness (QED) is 0.407. The van der Waals surface area contributed by atoms with Crippen LogP contribution in [0, 0.1) is 10.1 Å². The van der Waals surface area contributed by atoms with Crippen molar-refractivity contribution in [1.29, 1.82) is 0 Å². The molecule has 0 spiro atoms. The van der Waals surface area contributed by atoms with Crippen molar-refractivity contribution < 1.29 is 4.92 Å². The molecular formula is C13H10BrN3O2. The van der Waals surface area contributed by atoms with Crippen LogP contribution >= 0.6 is 15.9 Å². The number of hydrogen-bond donors (Lipinski definition) is 1. The van der Waals surface area contributed by atoms with Crippen molar-refractivity contribution in [3.8, 4) is 0 Å². The van der Waals surface area contributed by atoms with Gasteiger partial charge in [-0.1, -0.05) is 34.1 Å². The smallest absolute Gasteiger partial charge is 0.358 e. The van der Waals surface area contributed by atoms with Gasteiger partial charge in [-0.05, 0) is 41.3 Å². The van der Waals surface area contributed by atoms with Gasteiger partial charge in [0.15, 0.2) is 0 Å². The van der Waals surface area contributed by atoms with Gasteiger partial charge in [-0.2, -0.15) is 5.43 Å². The van der Waals surface area contributed by atoms with Gasteiger partial charge in [0, 0.05) is 4.47 Å². The third-order valence-electron chi connectivity index (χ3n) is 2.34. The molecule has 1 N–H and O–H groups in total. The Morgan fingerprint density at radius 3 is 2.32 bits per heavy atom. The predicted molar refractivity (Wildman–Crippen MR) is 77.7 cm³/mol. The average Bonchev–Trinajstić information content (AvgIpc) is 2.42. The Morgan fingerprint density at radius 1 is 1.11 bits per heavy atom. The van der Waals surface area contributed by atoms with Crippen molar-refractivity contribution in [3.05, 3.63) is 74.7 Å². The standard InChI is InChI=1S/C13H10BrN3O2/c14-11-8-6-10(7-9-11)13(17(18)19)16-15-12-4-2-1-3-5-12/h1-9,15H/b16-13-. The number of nitro groups is 1. The number of anilines is 1. The summed E-state index contributed by atoms with van der Waals surface area (Å²) in [5.74, 6) is -0.226. The fraction of sp³-hybridized carbons (Fsp3) is 0. The highest BCUT2D eigenvalue weighted by Gasteiger charge is 2.16. The van der Waals surface area contributed by atoms with Crippen LogP contribution < -0.4 is 5.43 Å². The summed E-state index contributed by atoms with van der Waals surface area (Å²) in [6.07, 6.45) is 0. The molecule has 19 heavy (non-hydrogen) atoms. The fourth-order valence-electron chi connectivity index (χ4n) is 1.44. The SMILES string of the molecule is O=[N+]([O-])/C(=N\Nc1ccccc1)c1ccc(Br)cc1. The lowest BCUT2D eigenvalue weighted by Crippen LogP contribution is -2.15. The van der Waals surface area contributed by atoms with Crippen LogP contribution in [0.1, 0.15) is 5.56 Å². The van der Waals surface area contributed by atoms with Crippen molar-refractivity contribution in [2.45, 2.75) is 0 Å². The third-order valence-corrected chi connectivity index (χ3v) is 2.87. The molecule has 5 nitrogen and oxygen atoms in total. The number of rotatable bonds is 3. The molecule has 0 bridgehead atoms. The molecule has 2 rings (SSSR count). The van der Waals surface area contributed by atoms with E-state index in [-0.39, 0.29) is 5.84 Å². The normalized spacial score (nSPS) is 11.1. The number of para-hydroxylation sites is 1. The molecule has 0 aliphatic rings. The highest BCUT2D eigenvalue weighted by Crippen LogP contribution is 2.12. The van der Waals surface area contributed by atoms with Gasteiger partial charge < -0.3 is 10.1 Å². The van der Waals surface area contributed by atoms with E-state index in [0.29, 0.717) is 11.3 Å². The molecule has 0 aliphatic heterocycles. The number of halogens is 1. The van der Waals surface area contributed by atoms with Crippen molar-refractivity contribution in [2.75, 3.05) is 5.43 Å². The van der Waals surface area contributed by atoms with Crippen molar-refractivity contribution in [2.24, 2.45) is 5.10 Å². The lowest BCUT2D eigenvalue weighted by Gasteiger charge is -2.00. The number of hydrogen-bond acceptors (Lipinski definition) is 4. The minimum absolute atomic E-state index is 0.226. The molecule has 0 amide bonds. The number of amidine groups is 1. The molecule has 0 aromatic heterocycles. The second-order valence-corrected chi connectivity index (χ2v) is 4.59. The van der Waals surface area contributed by atoms with Gasteiger partial charge >= 0.3 is 5.84 Å². The van der Waals surface area contributed by atoms with Gasteiger partial charge in [0.25, 0.3) is 0 Å². The summed E-state index contributed by atoms with van der Waals surface area (Å²) in [7, 11) is 0. The molecule has 0 unspecified atom stereocenters. The van der Waals surface area contributed by atoms with Crippen molar-refractivity contribution in [1.82, 2.24) is 0 Å². The summed E-state index contributed by atoms with van der Waals surface area (Å²) < 4.78 is 0.856. The van der Waals surface area contributed by atoms with Crippen molar-refractivity contribution in [3.63, 3.8) is 0 Å². The Bertz CT molecular complexity index is 597. The predicted octanol–water partition coefficient (Wildman–Crippen LogP) is 3.50. The Morgan fingerprint density at radius 2 is 1.74 bits per heavy atom. The molecule has 0 radical (unpaired) electrons. The summed E-state index contributed by atoms with van der Waals surface area (Å²) in [6, 6.07) is 15.8. The van der Waals surface area contributed by atoms with E-state index in [1.54, 1.807) is 36.4 Å². The van der Waals surface area contributed by atoms with Gasteiger partial charge in [0.2, 0.25) is 0 Å². The Hall–Kier alpha value is -2.21. The number of benzene rings is 2. The molecule has 0 saturated carbocycles. The Kier molecular flexibility index (Phi) is 4.25. The van der Waals surface area contributed by atoms with Crippen LogP contribution in [-0.2, 0) is 0 Å². The number of nitrogens with one attached hydrogen (secondary N) is 1. The van der Waals surface area contributed by atoms with Crippen LogP contribution in [0.25, 0.3) is 0 Å². The van der Waals surface area contributed by atoms with Gasteiger partial charge in [-0.15, -0.1) is 0 Å². The first-order chi connectivity index (χ1) is 9.16. The summed E-state index contributed by atoms with van der Waals surface area (Å²) in [4.78, 5) is 10.5. The molecule has 2 aromatic carbocycles. The molecule has 2 aromatic rings. The summed E-state index contributed by atoms with van der Waals surface area (Å²) in [5, 5.41) is 14.9. The second kappa shape index (κ2) is 6.10. The molecule has 96 valence electrons. The lowest BCUT2D eigenvalue weighted by atomic mass is 10.2. The van der Waals surface area contributed by atoms with Crippen LogP contribution in [-0.4, -0.2) is 10.8 Å². The van der Waals surface area contributed by atoms with E-state index in [1.807, 2.05) is 18.2 Å².